The zero-order valence-corrected chi connectivity index (χ0v) is 12.5. The molecule has 1 amide bonds. The monoisotopic (exact) mass is 284 g/mol. The third-order valence-corrected chi connectivity index (χ3v) is 5.73. The second-order valence-electron chi connectivity index (χ2n) is 7.01. The van der Waals surface area contributed by atoms with Gasteiger partial charge in [-0.1, -0.05) is 18.6 Å². The van der Waals surface area contributed by atoms with Crippen molar-refractivity contribution in [2.45, 2.75) is 38.5 Å². The smallest absolute Gasteiger partial charge is 0.253 e. The Morgan fingerprint density at radius 3 is 3.05 bits per heavy atom. The Balaban J connectivity index is 1.43. The van der Waals surface area contributed by atoms with Gasteiger partial charge >= 0.3 is 0 Å². The van der Waals surface area contributed by atoms with Gasteiger partial charge in [0.25, 0.3) is 5.91 Å². The Morgan fingerprint density at radius 1 is 1.29 bits per heavy atom. The molecule has 1 aliphatic heterocycles. The van der Waals surface area contributed by atoms with Crippen LogP contribution in [0.2, 0.25) is 0 Å². The summed E-state index contributed by atoms with van der Waals surface area (Å²) in [5, 5.41) is 6.60. The van der Waals surface area contributed by atoms with Gasteiger partial charge in [-0.05, 0) is 61.5 Å². The zero-order valence-electron chi connectivity index (χ0n) is 12.5. The first kappa shape index (κ1) is 13.2. The molecule has 2 aliphatic carbocycles. The number of carbonyl (C=O) groups is 1. The minimum absolute atomic E-state index is 0.101. The van der Waals surface area contributed by atoms with Crippen LogP contribution in [0, 0.1) is 17.8 Å². The Bertz CT molecular complexity index is 554. The van der Waals surface area contributed by atoms with Crippen molar-refractivity contribution < 1.29 is 4.79 Å². The van der Waals surface area contributed by atoms with Crippen LogP contribution in [0.3, 0.4) is 0 Å². The lowest BCUT2D eigenvalue weighted by molar-refractivity contribution is 0.0942. The van der Waals surface area contributed by atoms with Gasteiger partial charge in [0.15, 0.2) is 0 Å². The van der Waals surface area contributed by atoms with Crippen molar-refractivity contribution in [1.29, 1.82) is 0 Å². The molecule has 0 radical (unpaired) electrons. The third kappa shape index (κ3) is 2.43. The summed E-state index contributed by atoms with van der Waals surface area (Å²) >= 11 is 0. The Morgan fingerprint density at radius 2 is 2.24 bits per heavy atom. The van der Waals surface area contributed by atoms with Gasteiger partial charge in [0.1, 0.15) is 0 Å². The summed E-state index contributed by atoms with van der Waals surface area (Å²) in [5.41, 5.74) is 3.18. The molecule has 1 aromatic carbocycles. The van der Waals surface area contributed by atoms with Gasteiger partial charge in [-0.25, -0.2) is 0 Å². The van der Waals surface area contributed by atoms with Crippen molar-refractivity contribution in [3.63, 3.8) is 0 Å². The van der Waals surface area contributed by atoms with Crippen LogP contribution >= 0.6 is 0 Å². The van der Waals surface area contributed by atoms with Gasteiger partial charge in [-0.2, -0.15) is 0 Å². The third-order valence-electron chi connectivity index (χ3n) is 5.73. The van der Waals surface area contributed by atoms with Gasteiger partial charge in [-0.15, -0.1) is 0 Å². The highest BCUT2D eigenvalue weighted by Gasteiger charge is 2.39. The summed E-state index contributed by atoms with van der Waals surface area (Å²) in [6, 6.07) is 6.10. The molecule has 2 saturated carbocycles. The number of amides is 1. The molecular weight excluding hydrogens is 260 g/mol. The predicted octanol–water partition coefficient (Wildman–Crippen LogP) is 3.21. The highest BCUT2D eigenvalue weighted by Crippen LogP contribution is 2.47. The maximum Gasteiger partial charge on any atom is 0.253 e. The van der Waals surface area contributed by atoms with E-state index in [0.717, 1.165) is 54.9 Å². The fraction of sp³-hybridized carbons (Fsp3) is 0.611. The lowest BCUT2D eigenvalue weighted by atomic mass is 9.89. The number of nitrogens with one attached hydrogen (secondary N) is 2. The normalized spacial score (nSPS) is 29.8. The van der Waals surface area contributed by atoms with E-state index < -0.39 is 0 Å². The molecular formula is C18H24N2O. The fourth-order valence-electron chi connectivity index (χ4n) is 4.64. The number of carbonyl (C=O) groups excluding carboxylic acids is 1. The van der Waals surface area contributed by atoms with Crippen LogP contribution in [0.25, 0.3) is 0 Å². The number of para-hydroxylation sites is 1. The number of rotatable bonds is 3. The number of hydrogen-bond acceptors (Lipinski definition) is 2. The number of fused-ring (bicyclic) bond motifs is 3. The van der Waals surface area contributed by atoms with E-state index in [2.05, 4.69) is 16.7 Å². The minimum Gasteiger partial charge on any atom is -0.384 e. The second-order valence-corrected chi connectivity index (χ2v) is 7.01. The molecule has 3 atom stereocenters. The molecule has 0 saturated heterocycles. The Labute approximate surface area is 126 Å². The summed E-state index contributed by atoms with van der Waals surface area (Å²) in [6.07, 6.45) is 7.77. The quantitative estimate of drug-likeness (QED) is 0.895. The van der Waals surface area contributed by atoms with E-state index in [1.165, 1.54) is 31.2 Å². The molecule has 0 aromatic heterocycles. The maximum atomic E-state index is 12.5. The van der Waals surface area contributed by atoms with Crippen LogP contribution in [-0.4, -0.2) is 19.0 Å². The number of hydrogen-bond donors (Lipinski definition) is 2. The Hall–Kier alpha value is -1.51. The van der Waals surface area contributed by atoms with Crippen molar-refractivity contribution in [2.24, 2.45) is 17.8 Å². The van der Waals surface area contributed by atoms with E-state index in [4.69, 9.17) is 0 Å². The van der Waals surface area contributed by atoms with Gasteiger partial charge in [0, 0.05) is 13.1 Å². The minimum atomic E-state index is 0.101. The number of anilines is 1. The molecule has 2 N–H and O–H groups in total. The van der Waals surface area contributed by atoms with Crippen molar-refractivity contribution >= 4 is 11.6 Å². The molecule has 3 nitrogen and oxygen atoms in total. The van der Waals surface area contributed by atoms with Crippen molar-refractivity contribution in [2.75, 3.05) is 18.4 Å². The second kappa shape index (κ2) is 5.36. The Kier molecular flexibility index (Phi) is 3.36. The molecule has 112 valence electrons. The molecule has 21 heavy (non-hydrogen) atoms. The lowest BCUT2D eigenvalue weighted by Gasteiger charge is -2.23. The lowest BCUT2D eigenvalue weighted by Crippen LogP contribution is -2.32. The molecule has 2 bridgehead atoms. The standard InChI is InChI=1S/C18H24N2O/c21-18(20-11-15-10-12-6-7-14(15)9-12)16-5-1-3-13-4-2-8-19-17(13)16/h1,3,5,12,14-15,19H,2,4,6-11H2,(H,20,21). The van der Waals surface area contributed by atoms with Crippen LogP contribution in [0.1, 0.15) is 48.0 Å². The largest absolute Gasteiger partial charge is 0.384 e. The van der Waals surface area contributed by atoms with E-state index in [1.807, 2.05) is 12.1 Å². The van der Waals surface area contributed by atoms with E-state index in [-0.39, 0.29) is 5.91 Å². The van der Waals surface area contributed by atoms with E-state index in [0.29, 0.717) is 0 Å². The SMILES string of the molecule is O=C(NCC1CC2CCC1C2)c1cccc2c1NCCC2. The first-order valence-corrected chi connectivity index (χ1v) is 8.45. The van der Waals surface area contributed by atoms with Gasteiger partial charge in [0.05, 0.1) is 11.3 Å². The predicted molar refractivity (Wildman–Crippen MR) is 84.5 cm³/mol. The highest BCUT2D eigenvalue weighted by atomic mass is 16.1. The first-order valence-electron chi connectivity index (χ1n) is 8.45. The number of aryl methyl sites for hydroxylation is 1. The van der Waals surface area contributed by atoms with Crippen LogP contribution in [0.15, 0.2) is 18.2 Å². The first-order chi connectivity index (χ1) is 10.3. The molecule has 1 aromatic rings. The van der Waals surface area contributed by atoms with E-state index in [9.17, 15) is 4.79 Å². The zero-order chi connectivity index (χ0) is 14.2. The molecule has 2 fully saturated rings. The fourth-order valence-corrected chi connectivity index (χ4v) is 4.64. The van der Waals surface area contributed by atoms with Gasteiger partial charge < -0.3 is 10.6 Å². The molecule has 1 heterocycles. The van der Waals surface area contributed by atoms with Crippen LogP contribution < -0.4 is 10.6 Å². The summed E-state index contributed by atoms with van der Waals surface area (Å²) in [5.74, 6) is 2.64. The summed E-state index contributed by atoms with van der Waals surface area (Å²) in [4.78, 5) is 12.5. The molecule has 0 spiro atoms. The average molecular weight is 284 g/mol. The summed E-state index contributed by atoms with van der Waals surface area (Å²) < 4.78 is 0. The van der Waals surface area contributed by atoms with Crippen molar-refractivity contribution in [3.05, 3.63) is 29.3 Å². The van der Waals surface area contributed by atoms with Gasteiger partial charge in [-0.3, -0.25) is 4.79 Å². The van der Waals surface area contributed by atoms with Crippen molar-refractivity contribution in [3.8, 4) is 0 Å². The summed E-state index contributed by atoms with van der Waals surface area (Å²) in [7, 11) is 0. The highest BCUT2D eigenvalue weighted by molar-refractivity contribution is 6.00. The van der Waals surface area contributed by atoms with Crippen LogP contribution in [-0.2, 0) is 6.42 Å². The molecule has 3 heteroatoms. The summed E-state index contributed by atoms with van der Waals surface area (Å²) in [6.45, 7) is 1.84. The van der Waals surface area contributed by atoms with E-state index in [1.54, 1.807) is 0 Å². The average Bonchev–Trinajstić information content (AvgIpc) is 3.15. The van der Waals surface area contributed by atoms with E-state index >= 15 is 0 Å². The van der Waals surface area contributed by atoms with Crippen LogP contribution in [0.5, 0.6) is 0 Å². The van der Waals surface area contributed by atoms with Gasteiger partial charge in [0.2, 0.25) is 0 Å². The molecule has 3 aliphatic rings. The topological polar surface area (TPSA) is 41.1 Å². The number of benzene rings is 1. The molecule has 4 rings (SSSR count). The maximum absolute atomic E-state index is 12.5. The van der Waals surface area contributed by atoms with Crippen LogP contribution in [0.4, 0.5) is 5.69 Å². The van der Waals surface area contributed by atoms with Crippen molar-refractivity contribution in [1.82, 2.24) is 5.32 Å². The molecule has 3 unspecified atom stereocenters.